The van der Waals surface area contributed by atoms with Crippen LogP contribution in [0.5, 0.6) is 0 Å². The second kappa shape index (κ2) is 15.2. The fraction of sp³-hybridized carbons (Fsp3) is 0.354. The molecule has 0 unspecified atom stereocenters. The van der Waals surface area contributed by atoms with E-state index in [-0.39, 0.29) is 21.7 Å². The van der Waals surface area contributed by atoms with E-state index in [2.05, 4.69) is 214 Å². The lowest BCUT2D eigenvalue weighted by atomic mass is 9.62. The summed E-state index contributed by atoms with van der Waals surface area (Å²) in [6.07, 6.45) is 9.47. The third kappa shape index (κ3) is 6.46. The van der Waals surface area contributed by atoms with Gasteiger partial charge < -0.3 is 4.90 Å². The summed E-state index contributed by atoms with van der Waals surface area (Å²) in [4.78, 5) is 2.77. The minimum absolute atomic E-state index is 0.0482. The van der Waals surface area contributed by atoms with Crippen LogP contribution in [0.2, 0.25) is 0 Å². The first-order chi connectivity index (χ1) is 31.5. The monoisotopic (exact) mass is 864 g/mol. The molecule has 0 saturated heterocycles. The van der Waals surface area contributed by atoms with Gasteiger partial charge in [-0.25, -0.2) is 0 Å². The number of aryl methyl sites for hydroxylation is 3. The van der Waals surface area contributed by atoms with Crippen LogP contribution in [0.25, 0.3) is 22.3 Å². The second-order valence-corrected chi connectivity index (χ2v) is 23.3. The minimum atomic E-state index is -0.530. The summed E-state index contributed by atoms with van der Waals surface area (Å²) in [6, 6.07) is 55.0. The van der Waals surface area contributed by atoms with Crippen molar-refractivity contribution in [3.05, 3.63) is 206 Å². The van der Waals surface area contributed by atoms with E-state index in [1.165, 1.54) is 145 Å². The Kier molecular flexibility index (Phi) is 9.88. The Hall–Kier alpha value is -5.66. The Bertz CT molecular complexity index is 2920. The lowest BCUT2D eigenvalue weighted by Gasteiger charge is -2.44. The first-order valence-electron chi connectivity index (χ1n) is 25.1. The summed E-state index contributed by atoms with van der Waals surface area (Å²) in [7, 11) is 0. The van der Waals surface area contributed by atoms with E-state index in [9.17, 15) is 0 Å². The molecule has 1 nitrogen and oxygen atoms in total. The lowest BCUT2D eigenvalue weighted by molar-refractivity contribution is 0.331. The van der Waals surface area contributed by atoms with Gasteiger partial charge in [0.15, 0.2) is 0 Å². The van der Waals surface area contributed by atoms with Gasteiger partial charge in [-0.15, -0.1) is 0 Å². The van der Waals surface area contributed by atoms with Crippen LogP contribution in [0.3, 0.4) is 0 Å². The molecule has 0 amide bonds. The maximum atomic E-state index is 2.77. The highest BCUT2D eigenvalue weighted by atomic mass is 15.2. The van der Waals surface area contributed by atoms with Gasteiger partial charge in [0.2, 0.25) is 0 Å². The van der Waals surface area contributed by atoms with Gasteiger partial charge in [0.1, 0.15) is 0 Å². The van der Waals surface area contributed by atoms with Gasteiger partial charge in [-0.05, 0) is 195 Å². The number of nitrogens with zero attached hydrogens (tertiary/aromatic N) is 1. The number of hydrogen-bond acceptors (Lipinski definition) is 1. The molecule has 0 atom stereocenters. The van der Waals surface area contributed by atoms with Crippen LogP contribution in [0.15, 0.2) is 140 Å². The Morgan fingerprint density at radius 2 is 0.818 bits per heavy atom. The molecule has 0 saturated carbocycles. The van der Waals surface area contributed by atoms with Crippen LogP contribution < -0.4 is 4.90 Å². The molecule has 7 aromatic carbocycles. The van der Waals surface area contributed by atoms with Crippen molar-refractivity contribution < 1.29 is 0 Å². The summed E-state index contributed by atoms with van der Waals surface area (Å²) in [5.74, 6) is 0. The fourth-order valence-electron chi connectivity index (χ4n) is 13.2. The predicted octanol–water partition coefficient (Wildman–Crippen LogP) is 17.4. The van der Waals surface area contributed by atoms with Gasteiger partial charge in [0, 0.05) is 16.9 Å². The normalized spacial score (nSPS) is 18.9. The van der Waals surface area contributed by atoms with E-state index in [4.69, 9.17) is 0 Å². The molecule has 7 aromatic rings. The number of benzene rings is 7. The van der Waals surface area contributed by atoms with Gasteiger partial charge >= 0.3 is 0 Å². The minimum Gasteiger partial charge on any atom is -0.309 e. The molecule has 0 heterocycles. The highest BCUT2D eigenvalue weighted by molar-refractivity contribution is 5.98. The van der Waals surface area contributed by atoms with E-state index in [1.807, 2.05) is 0 Å². The molecule has 66 heavy (non-hydrogen) atoms. The Morgan fingerprint density at radius 1 is 0.364 bits per heavy atom. The van der Waals surface area contributed by atoms with Gasteiger partial charge in [-0.2, -0.15) is 0 Å². The van der Waals surface area contributed by atoms with Crippen molar-refractivity contribution >= 4 is 17.1 Å². The molecule has 0 aromatic heterocycles. The standard InChI is InChI=1S/C65H69N/c1-42-36-54-56(63(7,8)34-32-61(54,3)4)40-58(42)66(59-41-57-55(37-43(59)2)62(5,6)33-35-64(57,9)10)60-39-53-50(38-51(60)48-30-21-23-44-22-17-18-28-47(44)48)49-29-19-20-31-52(49)65(53,45-24-13-11-14-25-45)46-26-15-12-16-27-46/h11-16,19-21,23-27,29-31,36-41H,17-18,22,28,32-35H2,1-10H3. The molecule has 11 rings (SSSR count). The van der Waals surface area contributed by atoms with Crippen molar-refractivity contribution in [1.29, 1.82) is 0 Å². The zero-order valence-corrected chi connectivity index (χ0v) is 41.4. The van der Waals surface area contributed by atoms with E-state index < -0.39 is 5.41 Å². The van der Waals surface area contributed by atoms with Gasteiger partial charge in [0.25, 0.3) is 0 Å². The van der Waals surface area contributed by atoms with Crippen molar-refractivity contribution in [2.75, 3.05) is 4.90 Å². The molecule has 1 heteroatoms. The highest BCUT2D eigenvalue weighted by Crippen LogP contribution is 2.60. The van der Waals surface area contributed by atoms with Crippen molar-refractivity contribution in [3.8, 4) is 22.3 Å². The number of fused-ring (bicyclic) bond motifs is 6. The molecule has 4 aliphatic rings. The molecular formula is C65H69N. The summed E-state index contributed by atoms with van der Waals surface area (Å²) < 4.78 is 0. The van der Waals surface area contributed by atoms with Crippen LogP contribution in [-0.2, 0) is 39.9 Å². The predicted molar refractivity (Wildman–Crippen MR) is 281 cm³/mol. The average molecular weight is 864 g/mol. The molecule has 334 valence electrons. The van der Waals surface area contributed by atoms with Crippen molar-refractivity contribution in [2.45, 2.75) is 148 Å². The first kappa shape index (κ1) is 42.9. The van der Waals surface area contributed by atoms with Crippen molar-refractivity contribution in [3.63, 3.8) is 0 Å². The van der Waals surface area contributed by atoms with Crippen molar-refractivity contribution in [2.24, 2.45) is 0 Å². The van der Waals surface area contributed by atoms with Gasteiger partial charge in [-0.1, -0.05) is 171 Å². The fourth-order valence-corrected chi connectivity index (χ4v) is 13.2. The van der Waals surface area contributed by atoms with E-state index in [0.29, 0.717) is 0 Å². The number of rotatable bonds is 6. The summed E-state index contributed by atoms with van der Waals surface area (Å²) in [5.41, 5.74) is 26.0. The molecule has 0 N–H and O–H groups in total. The lowest BCUT2D eigenvalue weighted by Crippen LogP contribution is -2.35. The molecule has 0 bridgehead atoms. The Labute approximate surface area is 396 Å². The van der Waals surface area contributed by atoms with Crippen LogP contribution in [0, 0.1) is 13.8 Å². The SMILES string of the molecule is Cc1cc2c(cc1N(c1cc3c(cc1C)C(C)(C)CCC3(C)C)c1cc3c(cc1-c1cccc4c1CCCC4)-c1ccccc1C3(c1ccccc1)c1ccccc1)C(C)(C)CCC2(C)C. The first-order valence-corrected chi connectivity index (χ1v) is 25.1. The topological polar surface area (TPSA) is 3.24 Å². The maximum absolute atomic E-state index is 2.77. The number of anilines is 3. The molecule has 0 aliphatic heterocycles. The second-order valence-electron chi connectivity index (χ2n) is 23.3. The zero-order valence-electron chi connectivity index (χ0n) is 41.4. The largest absolute Gasteiger partial charge is 0.309 e. The third-order valence-corrected chi connectivity index (χ3v) is 17.3. The van der Waals surface area contributed by atoms with Gasteiger partial charge in [-0.3, -0.25) is 0 Å². The molecular weight excluding hydrogens is 795 g/mol. The number of hydrogen-bond donors (Lipinski definition) is 0. The van der Waals surface area contributed by atoms with E-state index >= 15 is 0 Å². The molecule has 4 aliphatic carbocycles. The summed E-state index contributed by atoms with van der Waals surface area (Å²) in [5, 5.41) is 0. The van der Waals surface area contributed by atoms with Crippen LogP contribution in [-0.4, -0.2) is 0 Å². The summed E-state index contributed by atoms with van der Waals surface area (Å²) in [6.45, 7) is 24.6. The molecule has 0 spiro atoms. The quantitative estimate of drug-likeness (QED) is 0.161. The zero-order chi connectivity index (χ0) is 46.0. The van der Waals surface area contributed by atoms with E-state index in [0.717, 1.165) is 12.8 Å². The van der Waals surface area contributed by atoms with E-state index in [1.54, 1.807) is 0 Å². The van der Waals surface area contributed by atoms with Crippen molar-refractivity contribution in [1.82, 2.24) is 0 Å². The van der Waals surface area contributed by atoms with Gasteiger partial charge in [0.05, 0.1) is 11.1 Å². The van der Waals surface area contributed by atoms with Crippen LogP contribution >= 0.6 is 0 Å². The Morgan fingerprint density at radius 3 is 1.36 bits per heavy atom. The maximum Gasteiger partial charge on any atom is 0.0714 e. The smallest absolute Gasteiger partial charge is 0.0714 e. The van der Waals surface area contributed by atoms with Crippen LogP contribution in [0.1, 0.15) is 161 Å². The summed E-state index contributed by atoms with van der Waals surface area (Å²) >= 11 is 0. The molecule has 0 radical (unpaired) electrons. The van der Waals surface area contributed by atoms with Crippen LogP contribution in [0.4, 0.5) is 17.1 Å². The average Bonchev–Trinajstić information content (AvgIpc) is 3.60. The Balaban J connectivity index is 1.32. The third-order valence-electron chi connectivity index (χ3n) is 17.3. The molecule has 0 fully saturated rings. The highest BCUT2D eigenvalue weighted by Gasteiger charge is 2.48.